The zero-order chi connectivity index (χ0) is 10.2. The van der Waals surface area contributed by atoms with Gasteiger partial charge in [0.05, 0.1) is 12.2 Å². The predicted molar refractivity (Wildman–Crippen MR) is 42.9 cm³/mol. The fourth-order valence-electron chi connectivity index (χ4n) is 1.38. The molecule has 4 atom stereocenters. The van der Waals surface area contributed by atoms with E-state index in [0.717, 1.165) is 0 Å². The van der Waals surface area contributed by atoms with Gasteiger partial charge in [0.15, 0.2) is 0 Å². The number of carboxylic acids is 1. The van der Waals surface area contributed by atoms with Gasteiger partial charge in [0, 0.05) is 12.3 Å². The highest BCUT2D eigenvalue weighted by atomic mass is 16.7. The summed E-state index contributed by atoms with van der Waals surface area (Å²) in [6, 6.07) is 0. The van der Waals surface area contributed by atoms with Gasteiger partial charge in [-0.2, -0.15) is 0 Å². The van der Waals surface area contributed by atoms with Crippen LogP contribution in [0.3, 0.4) is 0 Å². The van der Waals surface area contributed by atoms with Crippen LogP contribution in [0.15, 0.2) is 0 Å². The minimum atomic E-state index is -2.23. The molecule has 4 unspecified atom stereocenters. The van der Waals surface area contributed by atoms with Crippen molar-refractivity contribution in [1.82, 2.24) is 0 Å². The molecule has 0 radical (unpaired) electrons. The molecule has 13 heavy (non-hydrogen) atoms. The molecule has 3 N–H and O–H groups in total. The van der Waals surface area contributed by atoms with Crippen molar-refractivity contribution in [2.75, 3.05) is 0 Å². The van der Waals surface area contributed by atoms with Crippen LogP contribution in [0, 0.1) is 5.92 Å². The van der Waals surface area contributed by atoms with Gasteiger partial charge in [-0.1, -0.05) is 6.92 Å². The Kier molecular flexibility index (Phi) is 2.61. The first-order chi connectivity index (χ1) is 5.87. The van der Waals surface area contributed by atoms with Gasteiger partial charge in [0.1, 0.15) is 0 Å². The molecule has 1 aliphatic heterocycles. The average molecular weight is 190 g/mol. The summed E-state index contributed by atoms with van der Waals surface area (Å²) in [5, 5.41) is 27.5. The second kappa shape index (κ2) is 3.25. The molecule has 0 spiro atoms. The standard InChI is InChI=1S/C8H14O5/c1-4-5(2)13-8(12,7(10)11)3-6(4)9/h4-6,9,12H,3H2,1-2H3,(H,10,11). The molecule has 5 nitrogen and oxygen atoms in total. The third-order valence-electron chi connectivity index (χ3n) is 2.55. The molecular formula is C8H14O5. The number of ether oxygens (including phenoxy) is 1. The number of rotatable bonds is 1. The van der Waals surface area contributed by atoms with Crippen molar-refractivity contribution in [3.63, 3.8) is 0 Å². The van der Waals surface area contributed by atoms with Crippen molar-refractivity contribution in [2.24, 2.45) is 5.92 Å². The normalized spacial score (nSPS) is 46.0. The van der Waals surface area contributed by atoms with E-state index in [2.05, 4.69) is 0 Å². The van der Waals surface area contributed by atoms with Gasteiger partial charge in [-0.25, -0.2) is 4.79 Å². The van der Waals surface area contributed by atoms with Crippen LogP contribution in [0.25, 0.3) is 0 Å². The molecule has 1 saturated heterocycles. The molecule has 0 aromatic heterocycles. The molecule has 0 amide bonds. The largest absolute Gasteiger partial charge is 0.477 e. The second-order valence-corrected chi connectivity index (χ2v) is 3.54. The van der Waals surface area contributed by atoms with E-state index in [0.29, 0.717) is 0 Å². The van der Waals surface area contributed by atoms with Crippen LogP contribution in [-0.2, 0) is 9.53 Å². The lowest BCUT2D eigenvalue weighted by atomic mass is 9.89. The summed E-state index contributed by atoms with van der Waals surface area (Å²) < 4.78 is 4.91. The number of carbonyl (C=O) groups is 1. The molecule has 76 valence electrons. The quantitative estimate of drug-likeness (QED) is 0.522. The van der Waals surface area contributed by atoms with E-state index < -0.39 is 24.0 Å². The summed E-state index contributed by atoms with van der Waals surface area (Å²) in [5.74, 6) is -3.85. The number of carboxylic acid groups (broad SMARTS) is 1. The topological polar surface area (TPSA) is 87.0 Å². The van der Waals surface area contributed by atoms with Crippen LogP contribution in [0.1, 0.15) is 20.3 Å². The smallest absolute Gasteiger partial charge is 0.364 e. The Labute approximate surface area is 75.9 Å². The Morgan fingerprint density at radius 3 is 2.46 bits per heavy atom. The maximum Gasteiger partial charge on any atom is 0.364 e. The number of hydrogen-bond acceptors (Lipinski definition) is 4. The van der Waals surface area contributed by atoms with Gasteiger partial charge in [0.2, 0.25) is 0 Å². The van der Waals surface area contributed by atoms with Gasteiger partial charge in [0.25, 0.3) is 5.79 Å². The average Bonchev–Trinajstić information content (AvgIpc) is 2.00. The Hall–Kier alpha value is -0.650. The summed E-state index contributed by atoms with van der Waals surface area (Å²) in [4.78, 5) is 10.6. The highest BCUT2D eigenvalue weighted by molar-refractivity contribution is 5.75. The van der Waals surface area contributed by atoms with Crippen molar-refractivity contribution >= 4 is 5.97 Å². The van der Waals surface area contributed by atoms with Crippen LogP contribution in [0.5, 0.6) is 0 Å². The number of aliphatic hydroxyl groups is 2. The van der Waals surface area contributed by atoms with Crippen LogP contribution in [-0.4, -0.2) is 39.3 Å². The Balaban J connectivity index is 2.79. The summed E-state index contributed by atoms with van der Waals surface area (Å²) in [6.45, 7) is 3.37. The lowest BCUT2D eigenvalue weighted by molar-refractivity contribution is -0.279. The summed E-state index contributed by atoms with van der Waals surface area (Å²) in [7, 11) is 0. The molecule has 5 heteroatoms. The maximum absolute atomic E-state index is 10.6. The lowest BCUT2D eigenvalue weighted by Crippen LogP contribution is -2.54. The van der Waals surface area contributed by atoms with Crippen LogP contribution in [0.4, 0.5) is 0 Å². The van der Waals surface area contributed by atoms with E-state index in [1.165, 1.54) is 0 Å². The van der Waals surface area contributed by atoms with Crippen LogP contribution < -0.4 is 0 Å². The fraction of sp³-hybridized carbons (Fsp3) is 0.875. The molecule has 0 saturated carbocycles. The van der Waals surface area contributed by atoms with Crippen LogP contribution >= 0.6 is 0 Å². The third-order valence-corrected chi connectivity index (χ3v) is 2.55. The van der Waals surface area contributed by atoms with Crippen molar-refractivity contribution in [2.45, 2.75) is 38.3 Å². The molecule has 1 heterocycles. The van der Waals surface area contributed by atoms with E-state index in [4.69, 9.17) is 9.84 Å². The summed E-state index contributed by atoms with van der Waals surface area (Å²) in [6.07, 6.45) is -1.59. The van der Waals surface area contributed by atoms with Crippen molar-refractivity contribution in [1.29, 1.82) is 0 Å². The minimum Gasteiger partial charge on any atom is -0.477 e. The molecule has 0 aromatic carbocycles. The third kappa shape index (κ3) is 1.82. The molecule has 0 aromatic rings. The molecule has 1 aliphatic rings. The lowest BCUT2D eigenvalue weighted by Gasteiger charge is -2.39. The van der Waals surface area contributed by atoms with Gasteiger partial charge < -0.3 is 20.1 Å². The molecule has 0 bridgehead atoms. The first kappa shape index (κ1) is 10.4. The highest BCUT2D eigenvalue weighted by Crippen LogP contribution is 2.30. The number of aliphatic hydroxyl groups excluding tert-OH is 1. The highest BCUT2D eigenvalue weighted by Gasteiger charge is 2.47. The fourth-order valence-corrected chi connectivity index (χ4v) is 1.38. The Morgan fingerprint density at radius 1 is 1.54 bits per heavy atom. The zero-order valence-electron chi connectivity index (χ0n) is 7.60. The van der Waals surface area contributed by atoms with Crippen molar-refractivity contribution < 1.29 is 24.9 Å². The van der Waals surface area contributed by atoms with Crippen molar-refractivity contribution in [3.05, 3.63) is 0 Å². The van der Waals surface area contributed by atoms with Gasteiger partial charge >= 0.3 is 5.97 Å². The summed E-state index contributed by atoms with van der Waals surface area (Å²) in [5.41, 5.74) is 0. The van der Waals surface area contributed by atoms with Crippen molar-refractivity contribution in [3.8, 4) is 0 Å². The minimum absolute atomic E-state index is 0.167. The SMILES string of the molecule is CC1OC(O)(C(=O)O)CC(O)C1C. The monoisotopic (exact) mass is 190 g/mol. The molecular weight excluding hydrogens is 176 g/mol. The predicted octanol–water partition coefficient (Wildman–Crippen LogP) is -0.435. The number of aliphatic carboxylic acids is 1. The molecule has 1 rings (SSSR count). The Morgan fingerprint density at radius 2 is 2.08 bits per heavy atom. The zero-order valence-corrected chi connectivity index (χ0v) is 7.60. The van der Waals surface area contributed by atoms with Gasteiger partial charge in [-0.3, -0.25) is 0 Å². The molecule has 1 fully saturated rings. The van der Waals surface area contributed by atoms with E-state index in [-0.39, 0.29) is 12.3 Å². The summed E-state index contributed by atoms with van der Waals surface area (Å²) >= 11 is 0. The van der Waals surface area contributed by atoms with Gasteiger partial charge in [-0.05, 0) is 6.92 Å². The van der Waals surface area contributed by atoms with E-state index >= 15 is 0 Å². The van der Waals surface area contributed by atoms with E-state index in [1.54, 1.807) is 13.8 Å². The first-order valence-corrected chi connectivity index (χ1v) is 4.18. The second-order valence-electron chi connectivity index (χ2n) is 3.54. The first-order valence-electron chi connectivity index (χ1n) is 4.18. The Bertz CT molecular complexity index is 203. The van der Waals surface area contributed by atoms with Gasteiger partial charge in [-0.15, -0.1) is 0 Å². The number of hydrogen-bond donors (Lipinski definition) is 3. The maximum atomic E-state index is 10.6. The molecule has 0 aliphatic carbocycles. The van der Waals surface area contributed by atoms with Crippen LogP contribution in [0.2, 0.25) is 0 Å². The van der Waals surface area contributed by atoms with E-state index in [1.807, 2.05) is 0 Å². The van der Waals surface area contributed by atoms with E-state index in [9.17, 15) is 15.0 Å².